The summed E-state index contributed by atoms with van der Waals surface area (Å²) in [5.41, 5.74) is 2.14. The van der Waals surface area contributed by atoms with Gasteiger partial charge in [0.2, 0.25) is 5.95 Å². The number of ether oxygens (including phenoxy) is 3. The number of aromatic nitrogens is 3. The molecule has 6 bridgehead atoms. The molecule has 0 spiro atoms. The molecule has 7 nitrogen and oxygen atoms in total. The van der Waals surface area contributed by atoms with Crippen molar-refractivity contribution >= 4 is 5.95 Å². The molecule has 30 heavy (non-hydrogen) atoms. The van der Waals surface area contributed by atoms with Crippen LogP contribution in [0.4, 0.5) is 5.95 Å². The van der Waals surface area contributed by atoms with Crippen molar-refractivity contribution < 1.29 is 14.2 Å². The number of nitrogens with one attached hydrogen (secondary N) is 1. The third kappa shape index (κ3) is 5.47. The van der Waals surface area contributed by atoms with Crippen LogP contribution in [0.2, 0.25) is 0 Å². The summed E-state index contributed by atoms with van der Waals surface area (Å²) >= 11 is 0. The maximum atomic E-state index is 5.82. The summed E-state index contributed by atoms with van der Waals surface area (Å²) in [6, 6.07) is 16.2. The fraction of sp³-hybridized carbons (Fsp3) is 0.261. The molecule has 0 atom stereocenters. The minimum absolute atomic E-state index is 0.317. The highest BCUT2D eigenvalue weighted by molar-refractivity contribution is 5.34. The molecular formula is C23H24N4O3. The fourth-order valence-electron chi connectivity index (χ4n) is 2.99. The fourth-order valence-corrected chi connectivity index (χ4v) is 2.99. The van der Waals surface area contributed by atoms with Crippen molar-refractivity contribution in [3.8, 4) is 17.5 Å². The van der Waals surface area contributed by atoms with Gasteiger partial charge in [-0.3, -0.25) is 0 Å². The molecule has 0 saturated carbocycles. The van der Waals surface area contributed by atoms with Gasteiger partial charge in [-0.25, -0.2) is 0 Å². The van der Waals surface area contributed by atoms with Gasteiger partial charge in [0, 0.05) is 13.0 Å². The molecule has 2 aliphatic rings. The first kappa shape index (κ1) is 19.7. The van der Waals surface area contributed by atoms with Gasteiger partial charge in [0.25, 0.3) is 0 Å². The maximum Gasteiger partial charge on any atom is 0.321 e. The van der Waals surface area contributed by atoms with Gasteiger partial charge >= 0.3 is 6.01 Å². The Hall–Kier alpha value is -3.61. The van der Waals surface area contributed by atoms with E-state index in [1.165, 1.54) is 0 Å². The summed E-state index contributed by atoms with van der Waals surface area (Å²) < 4.78 is 17.1. The van der Waals surface area contributed by atoms with Gasteiger partial charge in [-0.05, 0) is 54.5 Å². The lowest BCUT2D eigenvalue weighted by Crippen LogP contribution is -2.10. The lowest BCUT2D eigenvalue weighted by molar-refractivity contribution is 0.310. The molecule has 5 rings (SSSR count). The van der Waals surface area contributed by atoms with Crippen molar-refractivity contribution in [1.29, 1.82) is 0 Å². The van der Waals surface area contributed by atoms with Crippen molar-refractivity contribution in [2.24, 2.45) is 0 Å². The van der Waals surface area contributed by atoms with Gasteiger partial charge < -0.3 is 19.5 Å². The zero-order valence-electron chi connectivity index (χ0n) is 16.9. The van der Waals surface area contributed by atoms with Crippen molar-refractivity contribution in [2.45, 2.75) is 19.9 Å². The highest BCUT2D eigenvalue weighted by Crippen LogP contribution is 2.18. The van der Waals surface area contributed by atoms with Crippen molar-refractivity contribution in [3.63, 3.8) is 0 Å². The Kier molecular flexibility index (Phi) is 6.39. The third-order valence-corrected chi connectivity index (χ3v) is 4.43. The van der Waals surface area contributed by atoms with Crippen molar-refractivity contribution in [2.75, 3.05) is 25.1 Å². The first-order valence-electron chi connectivity index (χ1n) is 9.98. The standard InChI is InChI=1S/C23H24N4O3/c1-2-28-23-26-21-15-18-6-5-7-20(14-18)30-13-4-3-12-29-19-10-8-17(9-11-19)16-24-22(25-21)27-23/h3-11,14H,2,12-13,15-16H2,1H3,(H,24,25,26,27). The molecule has 7 heteroatoms. The normalized spacial score (nSPS) is 13.8. The summed E-state index contributed by atoms with van der Waals surface area (Å²) in [5, 5.41) is 3.26. The summed E-state index contributed by atoms with van der Waals surface area (Å²) in [4.78, 5) is 13.4. The summed E-state index contributed by atoms with van der Waals surface area (Å²) in [6.07, 6.45) is 4.45. The zero-order chi connectivity index (χ0) is 20.6. The predicted molar refractivity (Wildman–Crippen MR) is 114 cm³/mol. The van der Waals surface area contributed by atoms with Crippen LogP contribution in [0.25, 0.3) is 0 Å². The summed E-state index contributed by atoms with van der Waals surface area (Å²) in [6.45, 7) is 3.94. The number of hydrogen-bond donors (Lipinski definition) is 1. The second-order valence-electron chi connectivity index (χ2n) is 6.71. The topological polar surface area (TPSA) is 78.4 Å². The Balaban J connectivity index is 1.63. The molecule has 2 aliphatic heterocycles. The maximum absolute atomic E-state index is 5.82. The van der Waals surface area contributed by atoms with Crippen LogP contribution < -0.4 is 19.5 Å². The van der Waals surface area contributed by atoms with Crippen LogP contribution in [0, 0.1) is 0 Å². The van der Waals surface area contributed by atoms with Gasteiger partial charge in [-0.2, -0.15) is 15.0 Å². The van der Waals surface area contributed by atoms with Crippen LogP contribution in [0.3, 0.4) is 0 Å². The summed E-state index contributed by atoms with van der Waals surface area (Å²) in [7, 11) is 0. The number of nitrogens with zero attached hydrogens (tertiary/aromatic N) is 3. The first-order chi connectivity index (χ1) is 14.8. The van der Waals surface area contributed by atoms with Crippen LogP contribution in [-0.2, 0) is 13.0 Å². The predicted octanol–water partition coefficient (Wildman–Crippen LogP) is 3.80. The van der Waals surface area contributed by atoms with Gasteiger partial charge in [0.05, 0.1) is 6.61 Å². The van der Waals surface area contributed by atoms with Gasteiger partial charge in [-0.1, -0.05) is 24.3 Å². The molecule has 1 N–H and O–H groups in total. The molecule has 0 amide bonds. The molecule has 154 valence electrons. The van der Waals surface area contributed by atoms with Crippen LogP contribution in [0.15, 0.2) is 60.7 Å². The second kappa shape index (κ2) is 9.73. The Morgan fingerprint density at radius 3 is 2.50 bits per heavy atom. The lowest BCUT2D eigenvalue weighted by Gasteiger charge is -2.10. The monoisotopic (exact) mass is 404 g/mol. The Morgan fingerprint density at radius 2 is 1.70 bits per heavy atom. The molecule has 0 unspecified atom stereocenters. The van der Waals surface area contributed by atoms with Gasteiger partial charge in [0.1, 0.15) is 30.5 Å². The first-order valence-corrected chi connectivity index (χ1v) is 9.98. The van der Waals surface area contributed by atoms with Gasteiger partial charge in [0.15, 0.2) is 0 Å². The van der Waals surface area contributed by atoms with Crippen LogP contribution in [0.1, 0.15) is 23.9 Å². The van der Waals surface area contributed by atoms with Gasteiger partial charge in [-0.15, -0.1) is 0 Å². The van der Waals surface area contributed by atoms with E-state index in [2.05, 4.69) is 20.3 Å². The number of hydrogen-bond acceptors (Lipinski definition) is 7. The van der Waals surface area contributed by atoms with E-state index >= 15 is 0 Å². The average Bonchev–Trinajstić information content (AvgIpc) is 2.75. The Bertz CT molecular complexity index is 1010. The number of fused-ring (bicyclic) bond motifs is 7. The van der Waals surface area contributed by atoms with E-state index in [0.717, 1.165) is 22.6 Å². The van der Waals surface area contributed by atoms with Crippen molar-refractivity contribution in [1.82, 2.24) is 15.0 Å². The quantitative estimate of drug-likeness (QED) is 0.651. The number of benzene rings is 2. The molecule has 2 aromatic carbocycles. The molecule has 1 aromatic heterocycles. The molecule has 3 heterocycles. The number of anilines is 1. The lowest BCUT2D eigenvalue weighted by atomic mass is 10.1. The largest absolute Gasteiger partial charge is 0.490 e. The Morgan fingerprint density at radius 1 is 0.900 bits per heavy atom. The molecule has 0 saturated heterocycles. The highest BCUT2D eigenvalue weighted by atomic mass is 16.5. The SMILES string of the molecule is CCOc1nc2nc(n1)NCc1ccc(cc1)OCC=CCOc1cccc(c1)C2. The second-order valence-corrected chi connectivity index (χ2v) is 6.71. The zero-order valence-corrected chi connectivity index (χ0v) is 16.9. The molecule has 0 radical (unpaired) electrons. The minimum atomic E-state index is 0.317. The van der Waals surface area contributed by atoms with E-state index in [1.807, 2.05) is 67.6 Å². The summed E-state index contributed by atoms with van der Waals surface area (Å²) in [5.74, 6) is 2.73. The minimum Gasteiger partial charge on any atom is -0.490 e. The Labute approximate surface area is 175 Å². The van der Waals surface area contributed by atoms with E-state index in [9.17, 15) is 0 Å². The molecule has 0 aliphatic carbocycles. The van der Waals surface area contributed by atoms with E-state index in [0.29, 0.717) is 50.6 Å². The highest BCUT2D eigenvalue weighted by Gasteiger charge is 2.09. The average molecular weight is 404 g/mol. The molecule has 3 aromatic rings. The molecular weight excluding hydrogens is 380 g/mol. The third-order valence-electron chi connectivity index (χ3n) is 4.43. The van der Waals surface area contributed by atoms with Crippen molar-refractivity contribution in [3.05, 3.63) is 77.6 Å². The smallest absolute Gasteiger partial charge is 0.321 e. The van der Waals surface area contributed by atoms with E-state index < -0.39 is 0 Å². The van der Waals surface area contributed by atoms with Crippen LogP contribution >= 0.6 is 0 Å². The van der Waals surface area contributed by atoms with Crippen LogP contribution in [0.5, 0.6) is 17.5 Å². The number of rotatable bonds is 2. The van der Waals surface area contributed by atoms with E-state index in [1.54, 1.807) is 0 Å². The molecule has 0 fully saturated rings. The van der Waals surface area contributed by atoms with E-state index in [-0.39, 0.29) is 0 Å². The van der Waals surface area contributed by atoms with Crippen LogP contribution in [-0.4, -0.2) is 34.8 Å². The van der Waals surface area contributed by atoms with E-state index in [4.69, 9.17) is 14.2 Å².